The van der Waals surface area contributed by atoms with Gasteiger partial charge in [-0.3, -0.25) is 4.79 Å². The van der Waals surface area contributed by atoms with E-state index < -0.39 is 0 Å². The Labute approximate surface area is 108 Å². The number of carbonyl (C=O) groups excluding carboxylic acids is 1. The van der Waals surface area contributed by atoms with Crippen LogP contribution in [0.25, 0.3) is 0 Å². The Hall–Kier alpha value is -1.55. The van der Waals surface area contributed by atoms with Crippen molar-refractivity contribution in [1.29, 1.82) is 0 Å². The van der Waals surface area contributed by atoms with Gasteiger partial charge in [0.15, 0.2) is 0 Å². The van der Waals surface area contributed by atoms with Crippen molar-refractivity contribution in [1.82, 2.24) is 5.32 Å². The van der Waals surface area contributed by atoms with E-state index >= 15 is 0 Å². The lowest BCUT2D eigenvalue weighted by Gasteiger charge is -2.07. The van der Waals surface area contributed by atoms with Gasteiger partial charge >= 0.3 is 0 Å². The Balaban J connectivity index is 2.16. The smallest absolute Gasteiger partial charge is 0.251 e. The van der Waals surface area contributed by atoms with E-state index in [1.54, 1.807) is 12.1 Å². The molecule has 0 saturated heterocycles. The molecule has 0 radical (unpaired) electrons. The molecule has 0 bridgehead atoms. The third kappa shape index (κ3) is 5.68. The Bertz CT molecular complexity index is 360. The van der Waals surface area contributed by atoms with Gasteiger partial charge in [-0.15, -0.1) is 0 Å². The zero-order valence-corrected chi connectivity index (χ0v) is 11.0. The van der Waals surface area contributed by atoms with E-state index in [4.69, 9.17) is 9.84 Å². The lowest BCUT2D eigenvalue weighted by atomic mass is 10.1. The standard InChI is InChI=1S/C14H21NO3/c1-11(2)7-9-18-10-8-15-14(17)12-3-5-13(16)6-4-12/h3-6,11,16H,7-10H2,1-2H3,(H,15,17). The highest BCUT2D eigenvalue weighted by Crippen LogP contribution is 2.09. The van der Waals surface area contributed by atoms with Crippen LogP contribution >= 0.6 is 0 Å². The Morgan fingerprint density at radius 2 is 1.94 bits per heavy atom. The summed E-state index contributed by atoms with van der Waals surface area (Å²) >= 11 is 0. The van der Waals surface area contributed by atoms with Crippen LogP contribution in [0.2, 0.25) is 0 Å². The average molecular weight is 251 g/mol. The van der Waals surface area contributed by atoms with Gasteiger partial charge in [0.2, 0.25) is 0 Å². The van der Waals surface area contributed by atoms with E-state index in [0.717, 1.165) is 13.0 Å². The molecule has 0 fully saturated rings. The Morgan fingerprint density at radius 1 is 1.28 bits per heavy atom. The molecule has 0 aliphatic carbocycles. The van der Waals surface area contributed by atoms with Crippen LogP contribution in [0.15, 0.2) is 24.3 Å². The van der Waals surface area contributed by atoms with Crippen LogP contribution in [0.4, 0.5) is 0 Å². The molecule has 0 aliphatic heterocycles. The van der Waals surface area contributed by atoms with Crippen LogP contribution in [0.1, 0.15) is 30.6 Å². The van der Waals surface area contributed by atoms with Crippen molar-refractivity contribution >= 4 is 5.91 Å². The minimum absolute atomic E-state index is 0.151. The number of aromatic hydroxyl groups is 1. The Morgan fingerprint density at radius 3 is 2.56 bits per heavy atom. The minimum Gasteiger partial charge on any atom is -0.508 e. The first-order chi connectivity index (χ1) is 8.59. The molecular formula is C14H21NO3. The van der Waals surface area contributed by atoms with Crippen molar-refractivity contribution in [2.24, 2.45) is 5.92 Å². The number of ether oxygens (including phenoxy) is 1. The fraction of sp³-hybridized carbons (Fsp3) is 0.500. The van der Waals surface area contributed by atoms with Crippen molar-refractivity contribution in [2.75, 3.05) is 19.8 Å². The topological polar surface area (TPSA) is 58.6 Å². The predicted octanol–water partition coefficient (Wildman–Crippen LogP) is 2.18. The zero-order valence-electron chi connectivity index (χ0n) is 11.0. The highest BCUT2D eigenvalue weighted by atomic mass is 16.5. The van der Waals surface area contributed by atoms with Gasteiger partial charge in [-0.1, -0.05) is 13.8 Å². The van der Waals surface area contributed by atoms with Gasteiger partial charge in [0.1, 0.15) is 5.75 Å². The number of nitrogens with one attached hydrogen (secondary N) is 1. The maximum atomic E-state index is 11.6. The molecule has 0 atom stereocenters. The van der Waals surface area contributed by atoms with Crippen molar-refractivity contribution in [3.8, 4) is 5.75 Å². The Kier molecular flexibility index (Phi) is 6.22. The maximum Gasteiger partial charge on any atom is 0.251 e. The first-order valence-corrected chi connectivity index (χ1v) is 6.24. The van der Waals surface area contributed by atoms with Gasteiger partial charge in [0, 0.05) is 18.7 Å². The molecule has 4 nitrogen and oxygen atoms in total. The molecule has 0 aromatic heterocycles. The van der Waals surface area contributed by atoms with Crippen LogP contribution in [0.3, 0.4) is 0 Å². The highest BCUT2D eigenvalue weighted by Gasteiger charge is 2.04. The monoisotopic (exact) mass is 251 g/mol. The van der Waals surface area contributed by atoms with E-state index in [1.165, 1.54) is 12.1 Å². The average Bonchev–Trinajstić information content (AvgIpc) is 2.34. The molecule has 18 heavy (non-hydrogen) atoms. The molecule has 0 saturated carbocycles. The van der Waals surface area contributed by atoms with Gasteiger partial charge in [0.25, 0.3) is 5.91 Å². The molecule has 0 heterocycles. The minimum atomic E-state index is -0.151. The zero-order chi connectivity index (χ0) is 13.4. The van der Waals surface area contributed by atoms with E-state index in [9.17, 15) is 4.79 Å². The third-order valence-corrected chi connectivity index (χ3v) is 2.50. The van der Waals surface area contributed by atoms with Crippen molar-refractivity contribution in [2.45, 2.75) is 20.3 Å². The van der Waals surface area contributed by atoms with Gasteiger partial charge in [-0.25, -0.2) is 0 Å². The fourth-order valence-electron chi connectivity index (χ4n) is 1.37. The predicted molar refractivity (Wildman–Crippen MR) is 70.7 cm³/mol. The first-order valence-electron chi connectivity index (χ1n) is 6.24. The summed E-state index contributed by atoms with van der Waals surface area (Å²) in [5.74, 6) is 0.641. The summed E-state index contributed by atoms with van der Waals surface area (Å²) in [4.78, 5) is 11.6. The summed E-state index contributed by atoms with van der Waals surface area (Å²) in [6.45, 7) is 6.05. The second-order valence-electron chi connectivity index (χ2n) is 4.60. The van der Waals surface area contributed by atoms with E-state index in [-0.39, 0.29) is 11.7 Å². The number of hydrogen-bond acceptors (Lipinski definition) is 3. The molecule has 1 aromatic rings. The molecule has 100 valence electrons. The molecule has 0 unspecified atom stereocenters. The number of phenols is 1. The van der Waals surface area contributed by atoms with Crippen LogP contribution in [0.5, 0.6) is 5.75 Å². The number of benzene rings is 1. The molecule has 4 heteroatoms. The molecule has 1 aromatic carbocycles. The fourth-order valence-corrected chi connectivity index (χ4v) is 1.37. The number of phenolic OH excluding ortho intramolecular Hbond substituents is 1. The maximum absolute atomic E-state index is 11.6. The second-order valence-corrected chi connectivity index (χ2v) is 4.60. The second kappa shape index (κ2) is 7.71. The normalized spacial score (nSPS) is 10.6. The SMILES string of the molecule is CC(C)CCOCCNC(=O)c1ccc(O)cc1. The summed E-state index contributed by atoms with van der Waals surface area (Å²) in [7, 11) is 0. The lowest BCUT2D eigenvalue weighted by molar-refractivity contribution is 0.0906. The van der Waals surface area contributed by atoms with Crippen molar-refractivity contribution < 1.29 is 14.6 Å². The van der Waals surface area contributed by atoms with Gasteiger partial charge in [-0.2, -0.15) is 0 Å². The number of hydrogen-bond donors (Lipinski definition) is 2. The molecule has 1 amide bonds. The van der Waals surface area contributed by atoms with E-state index in [0.29, 0.717) is 24.6 Å². The number of amides is 1. The van der Waals surface area contributed by atoms with Gasteiger partial charge < -0.3 is 15.2 Å². The lowest BCUT2D eigenvalue weighted by Crippen LogP contribution is -2.27. The first kappa shape index (κ1) is 14.5. The molecule has 0 spiro atoms. The summed E-state index contributed by atoms with van der Waals surface area (Å²) in [5, 5.41) is 11.9. The quantitative estimate of drug-likeness (QED) is 0.730. The largest absolute Gasteiger partial charge is 0.508 e. The number of rotatable bonds is 7. The summed E-state index contributed by atoms with van der Waals surface area (Å²) in [6, 6.07) is 6.16. The molecular weight excluding hydrogens is 230 g/mol. The summed E-state index contributed by atoms with van der Waals surface area (Å²) < 4.78 is 5.40. The van der Waals surface area contributed by atoms with Crippen molar-refractivity contribution in [3.63, 3.8) is 0 Å². The van der Waals surface area contributed by atoms with E-state index in [1.807, 2.05) is 0 Å². The highest BCUT2D eigenvalue weighted by molar-refractivity contribution is 5.94. The van der Waals surface area contributed by atoms with Crippen LogP contribution in [-0.4, -0.2) is 30.8 Å². The summed E-state index contributed by atoms with van der Waals surface area (Å²) in [5.41, 5.74) is 0.537. The van der Waals surface area contributed by atoms with Gasteiger partial charge in [0.05, 0.1) is 6.61 Å². The summed E-state index contributed by atoms with van der Waals surface area (Å²) in [6.07, 6.45) is 1.03. The van der Waals surface area contributed by atoms with Gasteiger partial charge in [-0.05, 0) is 36.6 Å². The van der Waals surface area contributed by atoms with Crippen LogP contribution < -0.4 is 5.32 Å². The molecule has 1 rings (SSSR count). The van der Waals surface area contributed by atoms with E-state index in [2.05, 4.69) is 19.2 Å². The molecule has 0 aliphatic rings. The third-order valence-electron chi connectivity index (χ3n) is 2.50. The number of carbonyl (C=O) groups is 1. The van der Waals surface area contributed by atoms with Crippen molar-refractivity contribution in [3.05, 3.63) is 29.8 Å². The van der Waals surface area contributed by atoms with Crippen LogP contribution in [-0.2, 0) is 4.74 Å². The van der Waals surface area contributed by atoms with Crippen LogP contribution in [0, 0.1) is 5.92 Å². The molecule has 2 N–H and O–H groups in total.